The monoisotopic (exact) mass is 172 g/mol. The Morgan fingerprint density at radius 1 is 1.27 bits per heavy atom. The number of carbonyl (C=O) groups is 1. The lowest BCUT2D eigenvalue weighted by atomic mass is 9.82. The fourth-order valence-corrected chi connectivity index (χ4v) is 3.26. The molecular weight excluding hydrogens is 160 g/mol. The first-order valence-electron chi connectivity index (χ1n) is 4.46. The second kappa shape index (κ2) is 2.48. The molecule has 1 nitrogen and oxygen atoms in total. The van der Waals surface area contributed by atoms with Crippen molar-refractivity contribution in [2.45, 2.75) is 38.5 Å². The predicted molar refractivity (Wildman–Crippen MR) is 44.5 cm³/mol. The fourth-order valence-electron chi connectivity index (χ4n) is 2.92. The molecule has 2 fully saturated rings. The van der Waals surface area contributed by atoms with Crippen molar-refractivity contribution in [2.24, 2.45) is 11.3 Å². The summed E-state index contributed by atoms with van der Waals surface area (Å²) in [6, 6.07) is 0. The average Bonchev–Trinajstić information content (AvgIpc) is 2.40. The van der Waals surface area contributed by atoms with E-state index in [0.717, 1.165) is 12.8 Å². The number of fused-ring (bicyclic) bond motifs is 1. The van der Waals surface area contributed by atoms with Crippen LogP contribution >= 0.6 is 11.6 Å². The molecule has 0 spiro atoms. The largest absolute Gasteiger partial charge is 0.281 e. The summed E-state index contributed by atoms with van der Waals surface area (Å²) >= 11 is 5.64. The van der Waals surface area contributed by atoms with Crippen LogP contribution in [0.3, 0.4) is 0 Å². The molecule has 2 rings (SSSR count). The first kappa shape index (κ1) is 7.60. The van der Waals surface area contributed by atoms with Crippen LogP contribution < -0.4 is 0 Å². The van der Waals surface area contributed by atoms with Gasteiger partial charge in [-0.1, -0.05) is 12.8 Å². The van der Waals surface area contributed by atoms with Gasteiger partial charge in [-0.3, -0.25) is 4.79 Å². The zero-order valence-corrected chi connectivity index (χ0v) is 7.36. The lowest BCUT2D eigenvalue weighted by molar-refractivity contribution is -0.121. The van der Waals surface area contributed by atoms with Crippen molar-refractivity contribution in [2.75, 3.05) is 0 Å². The van der Waals surface area contributed by atoms with Gasteiger partial charge in [0.1, 0.15) is 0 Å². The summed E-state index contributed by atoms with van der Waals surface area (Å²) in [5.74, 6) is 0.632. The van der Waals surface area contributed by atoms with Crippen LogP contribution in [-0.4, -0.2) is 5.24 Å². The van der Waals surface area contributed by atoms with E-state index >= 15 is 0 Å². The molecule has 0 heterocycles. The van der Waals surface area contributed by atoms with Gasteiger partial charge >= 0.3 is 0 Å². The molecule has 11 heavy (non-hydrogen) atoms. The lowest BCUT2D eigenvalue weighted by Gasteiger charge is -2.23. The van der Waals surface area contributed by atoms with Crippen LogP contribution in [0.1, 0.15) is 38.5 Å². The summed E-state index contributed by atoms with van der Waals surface area (Å²) in [7, 11) is 0. The number of carbonyl (C=O) groups excluding carboxylic acids is 1. The van der Waals surface area contributed by atoms with Gasteiger partial charge in [-0.05, 0) is 43.2 Å². The number of hydrogen-bond acceptors (Lipinski definition) is 1. The van der Waals surface area contributed by atoms with Crippen LogP contribution in [-0.2, 0) is 4.79 Å². The molecule has 2 aliphatic carbocycles. The van der Waals surface area contributed by atoms with E-state index < -0.39 is 0 Å². The molecule has 0 amide bonds. The predicted octanol–water partition coefficient (Wildman–Crippen LogP) is 2.72. The van der Waals surface area contributed by atoms with Gasteiger partial charge in [0.25, 0.3) is 0 Å². The standard InChI is InChI=1S/C9H13ClO/c10-8(11)9-5-1-3-7(9)4-2-6-9/h7H,1-6H2. The quantitative estimate of drug-likeness (QED) is 0.556. The molecule has 0 aromatic rings. The molecule has 0 radical (unpaired) electrons. The minimum absolute atomic E-state index is 0.0579. The van der Waals surface area contributed by atoms with E-state index in [9.17, 15) is 4.79 Å². The van der Waals surface area contributed by atoms with Crippen molar-refractivity contribution in [3.05, 3.63) is 0 Å². The van der Waals surface area contributed by atoms with E-state index in [1.807, 2.05) is 0 Å². The van der Waals surface area contributed by atoms with Gasteiger partial charge in [-0.2, -0.15) is 0 Å². The lowest BCUT2D eigenvalue weighted by Crippen LogP contribution is -2.26. The first-order chi connectivity index (χ1) is 5.26. The number of halogens is 1. The minimum Gasteiger partial charge on any atom is -0.281 e. The summed E-state index contributed by atoms with van der Waals surface area (Å²) in [6.07, 6.45) is 7.00. The second-order valence-corrected chi connectivity index (χ2v) is 4.25. The highest BCUT2D eigenvalue weighted by Gasteiger charge is 2.50. The summed E-state index contributed by atoms with van der Waals surface area (Å²) in [4.78, 5) is 11.2. The van der Waals surface area contributed by atoms with Gasteiger partial charge in [0.2, 0.25) is 5.24 Å². The Kier molecular flexibility index (Phi) is 1.71. The molecule has 0 aromatic carbocycles. The van der Waals surface area contributed by atoms with Crippen LogP contribution in [0.4, 0.5) is 0 Å². The van der Waals surface area contributed by atoms with Crippen molar-refractivity contribution < 1.29 is 4.79 Å². The van der Waals surface area contributed by atoms with E-state index in [2.05, 4.69) is 0 Å². The van der Waals surface area contributed by atoms with Crippen molar-refractivity contribution in [3.8, 4) is 0 Å². The first-order valence-corrected chi connectivity index (χ1v) is 4.83. The molecule has 0 bridgehead atoms. The van der Waals surface area contributed by atoms with Gasteiger partial charge < -0.3 is 0 Å². The van der Waals surface area contributed by atoms with E-state index in [4.69, 9.17) is 11.6 Å². The van der Waals surface area contributed by atoms with E-state index in [1.54, 1.807) is 0 Å². The Morgan fingerprint density at radius 2 is 1.82 bits per heavy atom. The molecule has 2 aliphatic rings. The molecule has 2 saturated carbocycles. The van der Waals surface area contributed by atoms with Crippen LogP contribution in [0, 0.1) is 11.3 Å². The van der Waals surface area contributed by atoms with Crippen LogP contribution in [0.2, 0.25) is 0 Å². The fraction of sp³-hybridized carbons (Fsp3) is 0.889. The maximum atomic E-state index is 11.2. The summed E-state index contributed by atoms with van der Waals surface area (Å²) in [5, 5.41) is -0.0579. The molecule has 0 N–H and O–H groups in total. The van der Waals surface area contributed by atoms with Crippen molar-refractivity contribution in [3.63, 3.8) is 0 Å². The van der Waals surface area contributed by atoms with Gasteiger partial charge in [0.15, 0.2) is 0 Å². The third-order valence-corrected chi connectivity index (χ3v) is 3.90. The third-order valence-electron chi connectivity index (χ3n) is 3.52. The Bertz CT molecular complexity index is 178. The number of hydrogen-bond donors (Lipinski definition) is 0. The smallest absolute Gasteiger partial charge is 0.228 e. The zero-order chi connectivity index (χ0) is 7.90. The van der Waals surface area contributed by atoms with Crippen molar-refractivity contribution in [1.29, 1.82) is 0 Å². The van der Waals surface area contributed by atoms with Crippen LogP contribution in [0.15, 0.2) is 0 Å². The zero-order valence-electron chi connectivity index (χ0n) is 6.61. The highest BCUT2D eigenvalue weighted by atomic mass is 35.5. The third kappa shape index (κ3) is 0.936. The molecule has 62 valence electrons. The highest BCUT2D eigenvalue weighted by Crippen LogP contribution is 2.55. The van der Waals surface area contributed by atoms with Crippen LogP contribution in [0.5, 0.6) is 0 Å². The molecular formula is C9H13ClO. The summed E-state index contributed by atoms with van der Waals surface area (Å²) in [5.41, 5.74) is -0.0679. The molecule has 0 atom stereocenters. The minimum atomic E-state index is -0.0679. The van der Waals surface area contributed by atoms with Gasteiger partial charge in [-0.15, -0.1) is 0 Å². The van der Waals surface area contributed by atoms with Gasteiger partial charge in [0, 0.05) is 5.41 Å². The summed E-state index contributed by atoms with van der Waals surface area (Å²) < 4.78 is 0. The Labute approximate surface area is 72.1 Å². The maximum absolute atomic E-state index is 11.2. The average molecular weight is 173 g/mol. The molecule has 0 saturated heterocycles. The SMILES string of the molecule is O=C(Cl)C12CCCC1CCC2. The second-order valence-electron chi connectivity index (χ2n) is 3.91. The maximum Gasteiger partial charge on any atom is 0.228 e. The van der Waals surface area contributed by atoms with E-state index in [1.165, 1.54) is 25.7 Å². The van der Waals surface area contributed by atoms with Gasteiger partial charge in [-0.25, -0.2) is 0 Å². The van der Waals surface area contributed by atoms with Gasteiger partial charge in [0.05, 0.1) is 0 Å². The molecule has 2 heteroatoms. The van der Waals surface area contributed by atoms with Crippen molar-refractivity contribution in [1.82, 2.24) is 0 Å². The molecule has 0 aromatic heterocycles. The summed E-state index contributed by atoms with van der Waals surface area (Å²) in [6.45, 7) is 0. The highest BCUT2D eigenvalue weighted by molar-refractivity contribution is 6.64. The Balaban J connectivity index is 2.26. The molecule has 0 aliphatic heterocycles. The Morgan fingerprint density at radius 3 is 2.18 bits per heavy atom. The topological polar surface area (TPSA) is 17.1 Å². The molecule has 0 unspecified atom stereocenters. The van der Waals surface area contributed by atoms with E-state index in [0.29, 0.717) is 5.92 Å². The normalized spacial score (nSPS) is 42.5. The van der Waals surface area contributed by atoms with Crippen molar-refractivity contribution >= 4 is 16.8 Å². The van der Waals surface area contributed by atoms with E-state index in [-0.39, 0.29) is 10.7 Å². The number of rotatable bonds is 1. The Hall–Kier alpha value is -0.0400. The van der Waals surface area contributed by atoms with Crippen LogP contribution in [0.25, 0.3) is 0 Å².